The normalized spacial score (nSPS) is 12.4. The Hall–Kier alpha value is -3.01. The minimum absolute atomic E-state index is 0.112. The smallest absolute Gasteiger partial charge is 0.183 e. The molecule has 0 bridgehead atoms. The van der Waals surface area contributed by atoms with Crippen molar-refractivity contribution in [1.29, 1.82) is 0 Å². The highest BCUT2D eigenvalue weighted by Crippen LogP contribution is 2.34. The van der Waals surface area contributed by atoms with Crippen molar-refractivity contribution in [2.45, 2.75) is 26.2 Å². The second-order valence-electron chi connectivity index (χ2n) is 7.16. The minimum Gasteiger partial charge on any atom is -0.283 e. The number of hydrogen-bond donors (Lipinski definition) is 0. The number of fused-ring (bicyclic) bond motifs is 2. The van der Waals surface area contributed by atoms with Gasteiger partial charge in [-0.25, -0.2) is 4.98 Å². The quantitative estimate of drug-likeness (QED) is 0.404. The average Bonchev–Trinajstić information content (AvgIpc) is 2.99. The third-order valence-corrected chi connectivity index (χ3v) is 4.23. The zero-order valence-electron chi connectivity index (χ0n) is 14.6. The fraction of sp³-hybridized carbons (Fsp3) is 0.190. The largest absolute Gasteiger partial charge is 0.283 e. The van der Waals surface area contributed by atoms with Crippen LogP contribution in [0.15, 0.2) is 77.1 Å². The van der Waals surface area contributed by atoms with E-state index in [1.165, 1.54) is 0 Å². The summed E-state index contributed by atoms with van der Waals surface area (Å²) in [7, 11) is 0. The molecule has 4 heteroatoms. The predicted octanol–water partition coefficient (Wildman–Crippen LogP) is 6.20. The third kappa shape index (κ3) is 2.80. The standard InChI is InChI=1S/C21H20N4/c1-21(2,3)19-20(25-14-7-6-13-18(25)22-19)24-23-17-12-8-10-15-9-4-5-11-16(15)17/h4-14H,1-3H3. The number of hydrogen-bond acceptors (Lipinski definition) is 3. The van der Waals surface area contributed by atoms with Crippen molar-refractivity contribution in [2.75, 3.05) is 0 Å². The number of aromatic nitrogens is 2. The first-order chi connectivity index (χ1) is 12.0. The van der Waals surface area contributed by atoms with Crippen molar-refractivity contribution in [3.8, 4) is 0 Å². The van der Waals surface area contributed by atoms with Crippen LogP contribution in [0.5, 0.6) is 0 Å². The Bertz CT molecular complexity index is 1080. The van der Waals surface area contributed by atoms with Gasteiger partial charge in [-0.3, -0.25) is 4.40 Å². The van der Waals surface area contributed by atoms with Gasteiger partial charge in [0.1, 0.15) is 5.65 Å². The van der Waals surface area contributed by atoms with Gasteiger partial charge in [0, 0.05) is 17.0 Å². The summed E-state index contributed by atoms with van der Waals surface area (Å²) >= 11 is 0. The molecule has 4 nitrogen and oxygen atoms in total. The summed E-state index contributed by atoms with van der Waals surface area (Å²) in [5, 5.41) is 11.4. The van der Waals surface area contributed by atoms with Gasteiger partial charge in [-0.1, -0.05) is 63.2 Å². The molecule has 0 aliphatic heterocycles. The fourth-order valence-electron chi connectivity index (χ4n) is 2.98. The van der Waals surface area contributed by atoms with Crippen LogP contribution in [0.4, 0.5) is 11.5 Å². The van der Waals surface area contributed by atoms with Crippen molar-refractivity contribution in [1.82, 2.24) is 9.38 Å². The molecule has 0 atom stereocenters. The molecular formula is C21H20N4. The Labute approximate surface area is 146 Å². The lowest BCUT2D eigenvalue weighted by Crippen LogP contribution is -2.11. The first-order valence-electron chi connectivity index (χ1n) is 8.41. The van der Waals surface area contributed by atoms with E-state index < -0.39 is 0 Å². The molecule has 0 unspecified atom stereocenters. The molecule has 0 aliphatic rings. The molecule has 4 aromatic rings. The van der Waals surface area contributed by atoms with Gasteiger partial charge >= 0.3 is 0 Å². The second-order valence-corrected chi connectivity index (χ2v) is 7.16. The molecule has 0 saturated heterocycles. The second kappa shape index (κ2) is 5.81. The van der Waals surface area contributed by atoms with Gasteiger partial charge < -0.3 is 0 Å². The molecule has 25 heavy (non-hydrogen) atoms. The van der Waals surface area contributed by atoms with Crippen LogP contribution in [-0.2, 0) is 5.41 Å². The molecular weight excluding hydrogens is 308 g/mol. The van der Waals surface area contributed by atoms with E-state index in [-0.39, 0.29) is 5.41 Å². The number of rotatable bonds is 2. The van der Waals surface area contributed by atoms with Gasteiger partial charge in [0.05, 0.1) is 11.4 Å². The summed E-state index contributed by atoms with van der Waals surface area (Å²) in [5.41, 5.74) is 2.59. The van der Waals surface area contributed by atoms with Crippen LogP contribution in [0, 0.1) is 0 Å². The first kappa shape index (κ1) is 15.5. The van der Waals surface area contributed by atoms with E-state index in [0.29, 0.717) is 0 Å². The molecule has 0 spiro atoms. The highest BCUT2D eigenvalue weighted by atomic mass is 15.2. The predicted molar refractivity (Wildman–Crippen MR) is 102 cm³/mol. The molecule has 2 aromatic heterocycles. The third-order valence-electron chi connectivity index (χ3n) is 4.23. The Morgan fingerprint density at radius 2 is 1.60 bits per heavy atom. The molecule has 0 amide bonds. The van der Waals surface area contributed by atoms with Crippen LogP contribution < -0.4 is 0 Å². The van der Waals surface area contributed by atoms with Crippen LogP contribution in [-0.4, -0.2) is 9.38 Å². The monoisotopic (exact) mass is 328 g/mol. The maximum absolute atomic E-state index is 4.77. The van der Waals surface area contributed by atoms with Crippen LogP contribution >= 0.6 is 0 Å². The van der Waals surface area contributed by atoms with E-state index in [2.05, 4.69) is 49.2 Å². The lowest BCUT2D eigenvalue weighted by molar-refractivity contribution is 0.574. The Morgan fingerprint density at radius 3 is 2.44 bits per heavy atom. The number of imidazole rings is 1. The summed E-state index contributed by atoms with van der Waals surface area (Å²) in [6, 6.07) is 20.3. The zero-order chi connectivity index (χ0) is 17.4. The van der Waals surface area contributed by atoms with E-state index in [0.717, 1.165) is 33.6 Å². The van der Waals surface area contributed by atoms with E-state index in [4.69, 9.17) is 4.98 Å². The molecule has 4 rings (SSSR count). The number of nitrogens with zero attached hydrogens (tertiary/aromatic N) is 4. The lowest BCUT2D eigenvalue weighted by atomic mass is 9.92. The lowest BCUT2D eigenvalue weighted by Gasteiger charge is -2.15. The average molecular weight is 328 g/mol. The number of pyridine rings is 1. The van der Waals surface area contributed by atoms with Gasteiger partial charge in [-0.05, 0) is 23.6 Å². The Kier molecular flexibility index (Phi) is 3.61. The van der Waals surface area contributed by atoms with Crippen LogP contribution in [0.3, 0.4) is 0 Å². The summed E-state index contributed by atoms with van der Waals surface area (Å²) in [5.74, 6) is 0.788. The van der Waals surface area contributed by atoms with E-state index >= 15 is 0 Å². The topological polar surface area (TPSA) is 42.0 Å². The van der Waals surface area contributed by atoms with Gasteiger partial charge in [0.2, 0.25) is 0 Å². The molecule has 2 heterocycles. The highest BCUT2D eigenvalue weighted by molar-refractivity contribution is 5.92. The van der Waals surface area contributed by atoms with Crippen molar-refractivity contribution in [3.63, 3.8) is 0 Å². The number of azo groups is 1. The molecule has 0 fully saturated rings. The van der Waals surface area contributed by atoms with Crippen molar-refractivity contribution >= 4 is 27.9 Å². The van der Waals surface area contributed by atoms with E-state index in [9.17, 15) is 0 Å². The Morgan fingerprint density at radius 1 is 0.840 bits per heavy atom. The van der Waals surface area contributed by atoms with E-state index in [1.807, 2.05) is 53.1 Å². The zero-order valence-corrected chi connectivity index (χ0v) is 14.6. The molecule has 0 aliphatic carbocycles. The fourth-order valence-corrected chi connectivity index (χ4v) is 2.98. The van der Waals surface area contributed by atoms with Gasteiger partial charge in [0.25, 0.3) is 0 Å². The highest BCUT2D eigenvalue weighted by Gasteiger charge is 2.24. The molecule has 2 aromatic carbocycles. The summed E-state index contributed by atoms with van der Waals surface area (Å²) < 4.78 is 2.00. The number of benzene rings is 2. The van der Waals surface area contributed by atoms with Crippen molar-refractivity contribution in [3.05, 3.63) is 72.6 Å². The maximum atomic E-state index is 4.77. The molecule has 0 saturated carbocycles. The summed E-state index contributed by atoms with van der Waals surface area (Å²) in [6.45, 7) is 6.43. The first-order valence-corrected chi connectivity index (χ1v) is 8.41. The van der Waals surface area contributed by atoms with E-state index in [1.54, 1.807) is 0 Å². The van der Waals surface area contributed by atoms with Gasteiger partial charge in [0.15, 0.2) is 5.82 Å². The summed E-state index contributed by atoms with van der Waals surface area (Å²) in [4.78, 5) is 4.77. The van der Waals surface area contributed by atoms with Crippen molar-refractivity contribution in [2.24, 2.45) is 10.2 Å². The SMILES string of the molecule is CC(C)(C)c1nc2ccccn2c1N=Nc1cccc2ccccc12. The molecule has 0 N–H and O–H groups in total. The molecule has 0 radical (unpaired) electrons. The van der Waals surface area contributed by atoms with Crippen LogP contribution in [0.1, 0.15) is 26.5 Å². The molecule has 124 valence electrons. The maximum Gasteiger partial charge on any atom is 0.183 e. The Balaban J connectivity index is 1.89. The minimum atomic E-state index is -0.112. The van der Waals surface area contributed by atoms with Gasteiger partial charge in [-0.15, -0.1) is 10.2 Å². The van der Waals surface area contributed by atoms with Crippen LogP contribution in [0.25, 0.3) is 16.4 Å². The van der Waals surface area contributed by atoms with Crippen molar-refractivity contribution < 1.29 is 0 Å². The van der Waals surface area contributed by atoms with Gasteiger partial charge in [-0.2, -0.15) is 0 Å². The van der Waals surface area contributed by atoms with Crippen LogP contribution in [0.2, 0.25) is 0 Å². The summed E-state index contributed by atoms with van der Waals surface area (Å²) in [6.07, 6.45) is 1.98.